The van der Waals surface area contributed by atoms with Gasteiger partial charge in [0, 0.05) is 32.2 Å². The van der Waals surface area contributed by atoms with Crippen LogP contribution in [0.5, 0.6) is 0 Å². The molecule has 0 spiro atoms. The molecule has 2 atom stereocenters. The smallest absolute Gasteiger partial charge is 0.237 e. The van der Waals surface area contributed by atoms with Crippen molar-refractivity contribution >= 4 is 11.8 Å². The van der Waals surface area contributed by atoms with Crippen LogP contribution >= 0.6 is 0 Å². The van der Waals surface area contributed by atoms with Crippen LogP contribution in [-0.2, 0) is 9.59 Å². The number of nitrogens with zero attached hydrogens (tertiary/aromatic N) is 3. The molecular formula is C22H42N4O2. The van der Waals surface area contributed by atoms with Gasteiger partial charge in [-0.15, -0.1) is 0 Å². The second kappa shape index (κ2) is 8.70. The molecule has 1 heterocycles. The van der Waals surface area contributed by atoms with E-state index in [-0.39, 0.29) is 29.9 Å². The summed E-state index contributed by atoms with van der Waals surface area (Å²) in [5.74, 6) is 0.289. The molecule has 1 saturated carbocycles. The normalized spacial score (nSPS) is 26.5. The third kappa shape index (κ3) is 5.26. The Bertz CT molecular complexity index is 563. The molecule has 0 aromatic carbocycles. The second-order valence-corrected chi connectivity index (χ2v) is 10.7. The van der Waals surface area contributed by atoms with E-state index in [4.69, 9.17) is 0 Å². The highest BCUT2D eigenvalue weighted by molar-refractivity contribution is 5.84. The lowest BCUT2D eigenvalue weighted by molar-refractivity contribution is -0.147. The largest absolute Gasteiger partial charge is 0.358 e. The van der Waals surface area contributed by atoms with Crippen LogP contribution in [0, 0.1) is 10.8 Å². The van der Waals surface area contributed by atoms with E-state index in [1.807, 2.05) is 21.1 Å². The van der Waals surface area contributed by atoms with E-state index in [9.17, 15) is 9.59 Å². The Hall–Kier alpha value is -1.14. The molecule has 1 N–H and O–H groups in total. The molecule has 1 aliphatic heterocycles. The van der Waals surface area contributed by atoms with Crippen LogP contribution in [0.25, 0.3) is 0 Å². The molecule has 0 radical (unpaired) electrons. The summed E-state index contributed by atoms with van der Waals surface area (Å²) in [5.41, 5.74) is -0.0817. The Morgan fingerprint density at radius 3 is 2.21 bits per heavy atom. The lowest BCUT2D eigenvalue weighted by Gasteiger charge is -2.45. The predicted octanol–water partition coefficient (Wildman–Crippen LogP) is 2.19. The molecule has 0 bridgehead atoms. The zero-order chi connectivity index (χ0) is 21.3. The summed E-state index contributed by atoms with van der Waals surface area (Å²) in [4.78, 5) is 32.5. The summed E-state index contributed by atoms with van der Waals surface area (Å²) in [6, 6.07) is 0.235. The number of hydrogen-bond donors (Lipinski definition) is 1. The maximum atomic E-state index is 13.8. The highest BCUT2D eigenvalue weighted by Gasteiger charge is 2.45. The first-order chi connectivity index (χ1) is 12.9. The Kier molecular flexibility index (Phi) is 7.19. The predicted molar refractivity (Wildman–Crippen MR) is 114 cm³/mol. The highest BCUT2D eigenvalue weighted by atomic mass is 16.2. The minimum Gasteiger partial charge on any atom is -0.358 e. The van der Waals surface area contributed by atoms with Gasteiger partial charge in [0.15, 0.2) is 0 Å². The van der Waals surface area contributed by atoms with E-state index in [1.54, 1.807) is 7.05 Å². The minimum absolute atomic E-state index is 0.0507. The summed E-state index contributed by atoms with van der Waals surface area (Å²) in [7, 11) is 7.73. The molecule has 0 aromatic heterocycles. The molecule has 0 aromatic rings. The van der Waals surface area contributed by atoms with Gasteiger partial charge >= 0.3 is 0 Å². The molecule has 0 unspecified atom stereocenters. The third-order valence-corrected chi connectivity index (χ3v) is 6.70. The lowest BCUT2D eigenvalue weighted by Crippen LogP contribution is -2.55. The number of likely N-dealkylation sites (N-methyl/N-ethyl adjacent to an activating group) is 2. The average molecular weight is 395 g/mol. The molecular weight excluding hydrogens is 352 g/mol. The van der Waals surface area contributed by atoms with Gasteiger partial charge in [-0.2, -0.15) is 0 Å². The number of hydrogen-bond acceptors (Lipinski definition) is 4. The Labute approximate surface area is 172 Å². The van der Waals surface area contributed by atoms with E-state index < -0.39 is 5.41 Å². The maximum Gasteiger partial charge on any atom is 0.237 e. The van der Waals surface area contributed by atoms with Gasteiger partial charge < -0.3 is 15.1 Å². The van der Waals surface area contributed by atoms with Gasteiger partial charge in [0.2, 0.25) is 11.8 Å². The molecule has 2 amide bonds. The molecule has 2 fully saturated rings. The molecule has 1 saturated heterocycles. The van der Waals surface area contributed by atoms with Crippen LogP contribution in [0.4, 0.5) is 0 Å². The lowest BCUT2D eigenvalue weighted by atomic mass is 9.74. The number of rotatable bonds is 6. The van der Waals surface area contributed by atoms with Gasteiger partial charge in [0.05, 0.1) is 11.5 Å². The first-order valence-corrected chi connectivity index (χ1v) is 10.8. The molecule has 28 heavy (non-hydrogen) atoms. The van der Waals surface area contributed by atoms with Crippen LogP contribution in [0.1, 0.15) is 59.8 Å². The van der Waals surface area contributed by atoms with Crippen LogP contribution in [0.2, 0.25) is 0 Å². The SMILES string of the molecule is CNC(=O)[C@@H]1C[C@H](N(C(=O)C(C)(C)CN(C)C)C2CCC(C)(C)CC2)CN1C. The maximum absolute atomic E-state index is 13.8. The number of nitrogens with one attached hydrogen (secondary N) is 1. The van der Waals surface area contributed by atoms with Crippen molar-refractivity contribution in [3.05, 3.63) is 0 Å². The summed E-state index contributed by atoms with van der Waals surface area (Å²) >= 11 is 0. The average Bonchev–Trinajstić information content (AvgIpc) is 2.96. The summed E-state index contributed by atoms with van der Waals surface area (Å²) in [6.45, 7) is 10.3. The summed E-state index contributed by atoms with van der Waals surface area (Å²) in [6.07, 6.45) is 5.14. The first-order valence-electron chi connectivity index (χ1n) is 10.8. The molecule has 6 nitrogen and oxygen atoms in total. The van der Waals surface area contributed by atoms with Crippen molar-refractivity contribution in [2.24, 2.45) is 10.8 Å². The number of amides is 2. The quantitative estimate of drug-likeness (QED) is 0.750. The van der Waals surface area contributed by atoms with Gasteiger partial charge in [-0.1, -0.05) is 13.8 Å². The van der Waals surface area contributed by atoms with Crippen molar-refractivity contribution in [2.75, 3.05) is 41.3 Å². The zero-order valence-electron chi connectivity index (χ0n) is 19.3. The van der Waals surface area contributed by atoms with Gasteiger partial charge in [-0.25, -0.2) is 0 Å². The number of likely N-dealkylation sites (tertiary alicyclic amines) is 1. The number of carbonyl (C=O) groups excluding carboxylic acids is 2. The van der Waals surface area contributed by atoms with E-state index in [0.29, 0.717) is 5.41 Å². The fraction of sp³-hybridized carbons (Fsp3) is 0.909. The van der Waals surface area contributed by atoms with Gasteiger partial charge in [0.25, 0.3) is 0 Å². The molecule has 2 rings (SSSR count). The van der Waals surface area contributed by atoms with Crippen LogP contribution in [0.15, 0.2) is 0 Å². The van der Waals surface area contributed by atoms with Crippen LogP contribution in [0.3, 0.4) is 0 Å². The Morgan fingerprint density at radius 2 is 1.71 bits per heavy atom. The van der Waals surface area contributed by atoms with E-state index in [1.165, 1.54) is 0 Å². The molecule has 2 aliphatic rings. The third-order valence-electron chi connectivity index (χ3n) is 6.70. The zero-order valence-corrected chi connectivity index (χ0v) is 19.3. The van der Waals surface area contributed by atoms with E-state index >= 15 is 0 Å². The van der Waals surface area contributed by atoms with Crippen LogP contribution < -0.4 is 5.32 Å². The van der Waals surface area contributed by atoms with Crippen molar-refractivity contribution in [3.63, 3.8) is 0 Å². The second-order valence-electron chi connectivity index (χ2n) is 10.7. The Balaban J connectivity index is 2.27. The molecule has 162 valence electrons. The van der Waals surface area contributed by atoms with E-state index in [0.717, 1.165) is 45.2 Å². The minimum atomic E-state index is -0.444. The fourth-order valence-electron chi connectivity index (χ4n) is 5.15. The van der Waals surface area contributed by atoms with Gasteiger partial charge in [0.1, 0.15) is 0 Å². The van der Waals surface area contributed by atoms with Crippen molar-refractivity contribution in [1.82, 2.24) is 20.0 Å². The summed E-state index contributed by atoms with van der Waals surface area (Å²) < 4.78 is 0. The van der Waals surface area contributed by atoms with E-state index in [2.05, 4.69) is 47.7 Å². The highest BCUT2D eigenvalue weighted by Crippen LogP contribution is 2.40. The van der Waals surface area contributed by atoms with Gasteiger partial charge in [-0.3, -0.25) is 14.5 Å². The fourth-order valence-corrected chi connectivity index (χ4v) is 5.15. The monoisotopic (exact) mass is 394 g/mol. The number of carbonyl (C=O) groups is 2. The standard InChI is InChI=1S/C22H42N4O2/c1-21(2)11-9-16(10-12-21)26(20(28)22(3,4)15-24(6)7)17-13-18(19(27)23-5)25(8)14-17/h16-18H,9-15H2,1-8H3,(H,23,27)/t17-,18-/m0/s1. The van der Waals surface area contributed by atoms with Crippen molar-refractivity contribution in [2.45, 2.75) is 77.9 Å². The Morgan fingerprint density at radius 1 is 1.14 bits per heavy atom. The van der Waals surface area contributed by atoms with Crippen molar-refractivity contribution in [1.29, 1.82) is 0 Å². The molecule has 1 aliphatic carbocycles. The van der Waals surface area contributed by atoms with Gasteiger partial charge in [-0.05, 0) is 72.5 Å². The summed E-state index contributed by atoms with van der Waals surface area (Å²) in [5, 5.41) is 2.78. The van der Waals surface area contributed by atoms with Crippen molar-refractivity contribution in [3.8, 4) is 0 Å². The van der Waals surface area contributed by atoms with Crippen molar-refractivity contribution < 1.29 is 9.59 Å². The molecule has 6 heteroatoms. The topological polar surface area (TPSA) is 55.9 Å². The van der Waals surface area contributed by atoms with Crippen LogP contribution in [-0.4, -0.2) is 85.9 Å². The first kappa shape index (κ1) is 23.1.